The zero-order valence-corrected chi connectivity index (χ0v) is 26.0. The zero-order chi connectivity index (χ0) is 29.1. The van der Waals surface area contributed by atoms with Gasteiger partial charge in [-0.2, -0.15) is 0 Å². The average Bonchev–Trinajstić information content (AvgIpc) is 3.35. The molecule has 0 saturated carbocycles. The quantitative estimate of drug-likeness (QED) is 0.244. The first kappa shape index (κ1) is 29.0. The molecule has 0 aliphatic carbocycles. The van der Waals surface area contributed by atoms with Crippen molar-refractivity contribution < 1.29 is 9.22 Å². The summed E-state index contributed by atoms with van der Waals surface area (Å²) >= 11 is 0. The van der Waals surface area contributed by atoms with Gasteiger partial charge < -0.3 is 15.5 Å². The highest BCUT2D eigenvalue weighted by atomic mass is 28.3. The van der Waals surface area contributed by atoms with Gasteiger partial charge in [-0.1, -0.05) is 51.1 Å². The van der Waals surface area contributed by atoms with Crippen molar-refractivity contribution in [3.05, 3.63) is 78.0 Å². The number of primary amides is 1. The third kappa shape index (κ3) is 7.04. The molecule has 1 aliphatic rings. The highest BCUT2D eigenvalue weighted by Gasteiger charge is 2.28. The lowest BCUT2D eigenvalue weighted by Gasteiger charge is -2.33. The molecule has 41 heavy (non-hydrogen) atoms. The van der Waals surface area contributed by atoms with Crippen molar-refractivity contribution >= 4 is 32.1 Å². The highest BCUT2D eigenvalue weighted by Crippen LogP contribution is 2.38. The summed E-state index contributed by atoms with van der Waals surface area (Å²) < 4.78 is 8.44. The van der Waals surface area contributed by atoms with Crippen molar-refractivity contribution in [3.8, 4) is 11.3 Å². The number of nitrogens with two attached hydrogens (primary N) is 1. The largest absolute Gasteiger partial charge is 0.413 e. The third-order valence-corrected chi connectivity index (χ3v) is 8.50. The van der Waals surface area contributed by atoms with Gasteiger partial charge in [0.15, 0.2) is 9.04 Å². The van der Waals surface area contributed by atoms with Crippen LogP contribution in [0.2, 0.25) is 13.1 Å². The molecule has 1 amide bonds. The summed E-state index contributed by atoms with van der Waals surface area (Å²) in [6, 6.07) is 21.3. The minimum Gasteiger partial charge on any atom is -0.413 e. The maximum atomic E-state index is 11.2. The molecule has 0 spiro atoms. The molecule has 8 nitrogen and oxygen atoms in total. The lowest BCUT2D eigenvalue weighted by atomic mass is 9.84. The first-order valence-electron chi connectivity index (χ1n) is 14.5. The number of hydrogen-bond acceptors (Lipinski definition) is 6. The molecule has 0 bridgehead atoms. The smallest absolute Gasteiger partial charge is 0.245 e. The molecule has 1 fully saturated rings. The molecule has 1 saturated heterocycles. The number of nitrogens with zero attached hydrogens (tertiary/aromatic N) is 4. The Morgan fingerprint density at radius 3 is 2.49 bits per heavy atom. The van der Waals surface area contributed by atoms with E-state index >= 15 is 0 Å². The van der Waals surface area contributed by atoms with Crippen LogP contribution in [0, 0.1) is 5.41 Å². The maximum absolute atomic E-state index is 11.2. The van der Waals surface area contributed by atoms with E-state index in [0.29, 0.717) is 18.4 Å². The number of anilines is 2. The fraction of sp³-hybridized carbons (Fsp3) is 0.406. The van der Waals surface area contributed by atoms with Crippen LogP contribution in [0.4, 0.5) is 11.6 Å². The third-order valence-electron chi connectivity index (χ3n) is 7.68. The number of nitrogens with one attached hydrogen (secondary N) is 1. The normalized spacial score (nSPS) is 15.9. The molecule has 1 unspecified atom stereocenters. The van der Waals surface area contributed by atoms with E-state index in [1.807, 2.05) is 16.8 Å². The number of hydrogen-bond donors (Lipinski definition) is 2. The average molecular weight is 571 g/mol. The van der Waals surface area contributed by atoms with E-state index in [0.717, 1.165) is 48.4 Å². The van der Waals surface area contributed by atoms with Crippen LogP contribution in [0.3, 0.4) is 0 Å². The summed E-state index contributed by atoms with van der Waals surface area (Å²) in [4.78, 5) is 17.9. The van der Waals surface area contributed by atoms with E-state index in [-0.39, 0.29) is 17.4 Å². The number of carbonyl (C=O) groups is 1. The predicted molar refractivity (Wildman–Crippen MR) is 168 cm³/mol. The van der Waals surface area contributed by atoms with Crippen LogP contribution in [-0.4, -0.2) is 54.1 Å². The van der Waals surface area contributed by atoms with Gasteiger partial charge in [0.25, 0.3) is 0 Å². The van der Waals surface area contributed by atoms with Gasteiger partial charge in [0, 0.05) is 11.3 Å². The summed E-state index contributed by atoms with van der Waals surface area (Å²) in [6.45, 7) is 13.3. The fourth-order valence-electron chi connectivity index (χ4n) is 5.71. The SMILES string of the molecule is C[SiH](C)OC(c1cccc(-c2ccc3cnc(Nc4ccc(C5CCN(CC(N)=O)CC5)cc4)nn23)c1)C(C)(C)C. The number of rotatable bonds is 9. The first-order valence-corrected chi connectivity index (χ1v) is 17.3. The van der Waals surface area contributed by atoms with E-state index in [9.17, 15) is 4.79 Å². The number of piperidine rings is 1. The van der Waals surface area contributed by atoms with Crippen molar-refractivity contribution in [1.29, 1.82) is 0 Å². The zero-order valence-electron chi connectivity index (χ0n) is 24.8. The molecule has 2 aromatic heterocycles. The molecule has 1 aliphatic heterocycles. The van der Waals surface area contributed by atoms with Gasteiger partial charge >= 0.3 is 0 Å². The monoisotopic (exact) mass is 570 g/mol. The topological polar surface area (TPSA) is 97.8 Å². The minimum absolute atomic E-state index is 0.00577. The second-order valence-corrected chi connectivity index (χ2v) is 14.8. The van der Waals surface area contributed by atoms with E-state index in [2.05, 4.69) is 104 Å². The minimum atomic E-state index is -1.23. The van der Waals surface area contributed by atoms with Crippen LogP contribution in [0.25, 0.3) is 16.8 Å². The van der Waals surface area contributed by atoms with E-state index < -0.39 is 9.04 Å². The van der Waals surface area contributed by atoms with Crippen LogP contribution in [-0.2, 0) is 9.22 Å². The Morgan fingerprint density at radius 2 is 1.83 bits per heavy atom. The van der Waals surface area contributed by atoms with Crippen molar-refractivity contribution in [2.24, 2.45) is 11.1 Å². The van der Waals surface area contributed by atoms with Gasteiger partial charge in [-0.25, -0.2) is 9.50 Å². The first-order chi connectivity index (χ1) is 19.6. The second kappa shape index (κ2) is 12.1. The second-order valence-electron chi connectivity index (χ2n) is 12.5. The fourth-order valence-corrected chi connectivity index (χ4v) is 6.82. The van der Waals surface area contributed by atoms with E-state index in [4.69, 9.17) is 15.3 Å². The van der Waals surface area contributed by atoms with Crippen molar-refractivity contribution in [2.75, 3.05) is 25.0 Å². The standard InChI is InChI=1S/C32H42N6O2Si/c1-32(2,3)30(40-41(4)5)25-8-6-7-24(19-25)28-14-13-27-20-34-31(36-38(27)28)35-26-11-9-22(10-12-26)23-15-17-37(18-16-23)21-29(33)39/h6-14,19-20,23,30,41H,15-18,21H2,1-5H3,(H2,33,39)(H,35,36). The Kier molecular flexibility index (Phi) is 8.58. The maximum Gasteiger partial charge on any atom is 0.245 e. The Balaban J connectivity index is 1.32. The summed E-state index contributed by atoms with van der Waals surface area (Å²) in [5, 5.41) is 8.23. The molecular formula is C32H42N6O2Si. The van der Waals surface area contributed by atoms with Crippen LogP contribution in [0.5, 0.6) is 0 Å². The van der Waals surface area contributed by atoms with Crippen molar-refractivity contribution in [1.82, 2.24) is 19.5 Å². The molecule has 5 rings (SSSR count). The lowest BCUT2D eigenvalue weighted by molar-refractivity contribution is -0.119. The van der Waals surface area contributed by atoms with E-state index in [1.54, 1.807) is 0 Å². The Hall–Kier alpha value is -3.53. The van der Waals surface area contributed by atoms with Gasteiger partial charge in [0.2, 0.25) is 11.9 Å². The summed E-state index contributed by atoms with van der Waals surface area (Å²) in [7, 11) is -1.23. The number of benzene rings is 2. The Morgan fingerprint density at radius 1 is 1.10 bits per heavy atom. The lowest BCUT2D eigenvalue weighted by Crippen LogP contribution is -2.39. The van der Waals surface area contributed by atoms with Crippen molar-refractivity contribution in [3.63, 3.8) is 0 Å². The van der Waals surface area contributed by atoms with Crippen LogP contribution < -0.4 is 11.1 Å². The molecule has 9 heteroatoms. The summed E-state index contributed by atoms with van der Waals surface area (Å²) in [5.74, 6) is 0.775. The van der Waals surface area contributed by atoms with Crippen LogP contribution in [0.1, 0.15) is 56.8 Å². The highest BCUT2D eigenvalue weighted by molar-refractivity contribution is 6.48. The van der Waals surface area contributed by atoms with Crippen LogP contribution >= 0.6 is 0 Å². The van der Waals surface area contributed by atoms with Gasteiger partial charge in [0.05, 0.1) is 30.1 Å². The number of aromatic nitrogens is 3. The summed E-state index contributed by atoms with van der Waals surface area (Å²) in [6.07, 6.45) is 3.94. The molecule has 216 valence electrons. The predicted octanol–water partition coefficient (Wildman–Crippen LogP) is 5.89. The van der Waals surface area contributed by atoms with E-state index in [1.165, 1.54) is 11.1 Å². The molecular weight excluding hydrogens is 528 g/mol. The van der Waals surface area contributed by atoms with Gasteiger partial charge in [-0.05, 0) is 91.8 Å². The molecule has 0 radical (unpaired) electrons. The Labute approximate surface area is 244 Å². The van der Waals surface area contributed by atoms with Gasteiger partial charge in [-0.3, -0.25) is 9.69 Å². The molecule has 3 N–H and O–H groups in total. The van der Waals surface area contributed by atoms with Gasteiger partial charge in [0.1, 0.15) is 0 Å². The summed E-state index contributed by atoms with van der Waals surface area (Å²) in [5.41, 5.74) is 11.8. The Bertz CT molecular complexity index is 1490. The number of likely N-dealkylation sites (tertiary alicyclic amines) is 1. The number of carbonyl (C=O) groups excluding carboxylic acids is 1. The molecule has 1 atom stereocenters. The van der Waals surface area contributed by atoms with Crippen LogP contribution in [0.15, 0.2) is 66.9 Å². The molecule has 4 aromatic rings. The number of amides is 1. The molecule has 3 heterocycles. The molecule has 2 aromatic carbocycles. The van der Waals surface area contributed by atoms with Crippen molar-refractivity contribution in [2.45, 2.75) is 58.7 Å². The number of fused-ring (bicyclic) bond motifs is 1. The van der Waals surface area contributed by atoms with Gasteiger partial charge in [-0.15, -0.1) is 5.10 Å².